The topological polar surface area (TPSA) is 22.1 Å². The number of hydrogen-bond donors (Lipinski definition) is 0. The molecule has 206 valence electrons. The molecule has 0 aliphatic heterocycles. The van der Waals surface area contributed by atoms with Gasteiger partial charge in [0.1, 0.15) is 5.75 Å². The summed E-state index contributed by atoms with van der Waals surface area (Å²) in [6.07, 6.45) is 28.1. The SMILES string of the molecule is CCCCCCCCCCc1ccc(-c2ccc(OCCCC3CCCCC3CCCCC)cc2)nc1. The average Bonchev–Trinajstić information content (AvgIpc) is 2.94. The molecule has 0 N–H and O–H groups in total. The van der Waals surface area contributed by atoms with Gasteiger partial charge in [0.15, 0.2) is 0 Å². The maximum atomic E-state index is 6.11. The Morgan fingerprint density at radius 1 is 0.676 bits per heavy atom. The van der Waals surface area contributed by atoms with Crippen molar-refractivity contribution in [2.75, 3.05) is 6.61 Å². The van der Waals surface area contributed by atoms with Crippen LogP contribution in [0.3, 0.4) is 0 Å². The van der Waals surface area contributed by atoms with Crippen LogP contribution in [0.4, 0.5) is 0 Å². The lowest BCUT2D eigenvalue weighted by atomic mass is 9.74. The lowest BCUT2D eigenvalue weighted by molar-refractivity contribution is 0.190. The predicted molar refractivity (Wildman–Crippen MR) is 160 cm³/mol. The molecular weight excluding hydrogens is 450 g/mol. The van der Waals surface area contributed by atoms with Crippen LogP contribution in [0, 0.1) is 11.8 Å². The molecule has 2 atom stereocenters. The van der Waals surface area contributed by atoms with Crippen molar-refractivity contribution in [3.8, 4) is 17.0 Å². The minimum atomic E-state index is 0.837. The molecule has 1 aromatic carbocycles. The van der Waals surface area contributed by atoms with Crippen LogP contribution in [0.25, 0.3) is 11.3 Å². The summed E-state index contributed by atoms with van der Waals surface area (Å²) in [7, 11) is 0. The fourth-order valence-electron chi connectivity index (χ4n) is 6.16. The molecular formula is C35H55NO. The second-order valence-electron chi connectivity index (χ2n) is 11.6. The van der Waals surface area contributed by atoms with Gasteiger partial charge in [0.2, 0.25) is 0 Å². The van der Waals surface area contributed by atoms with Crippen LogP contribution < -0.4 is 4.74 Å². The van der Waals surface area contributed by atoms with E-state index in [0.717, 1.165) is 36.3 Å². The van der Waals surface area contributed by atoms with E-state index in [1.807, 2.05) is 0 Å². The summed E-state index contributed by atoms with van der Waals surface area (Å²) in [4.78, 5) is 4.75. The number of rotatable bonds is 19. The van der Waals surface area contributed by atoms with Crippen molar-refractivity contribution in [1.29, 1.82) is 0 Å². The van der Waals surface area contributed by atoms with Crippen LogP contribution in [0.2, 0.25) is 0 Å². The van der Waals surface area contributed by atoms with Crippen molar-refractivity contribution in [3.63, 3.8) is 0 Å². The van der Waals surface area contributed by atoms with Crippen LogP contribution in [0.5, 0.6) is 5.75 Å². The first-order valence-electron chi connectivity index (χ1n) is 16.0. The van der Waals surface area contributed by atoms with Crippen LogP contribution in [-0.4, -0.2) is 11.6 Å². The zero-order valence-corrected chi connectivity index (χ0v) is 24.2. The molecule has 1 saturated carbocycles. The molecule has 2 unspecified atom stereocenters. The summed E-state index contributed by atoms with van der Waals surface area (Å²) in [5, 5.41) is 0. The largest absolute Gasteiger partial charge is 0.494 e. The lowest BCUT2D eigenvalue weighted by Gasteiger charge is -2.31. The fourth-order valence-corrected chi connectivity index (χ4v) is 6.16. The normalized spacial score (nSPS) is 17.7. The van der Waals surface area contributed by atoms with Gasteiger partial charge in [-0.1, -0.05) is 116 Å². The van der Waals surface area contributed by atoms with E-state index in [0.29, 0.717) is 0 Å². The second-order valence-corrected chi connectivity index (χ2v) is 11.6. The molecule has 1 fully saturated rings. The molecule has 0 amide bonds. The lowest BCUT2D eigenvalue weighted by Crippen LogP contribution is -2.20. The number of aromatic nitrogens is 1. The maximum Gasteiger partial charge on any atom is 0.119 e. The molecule has 3 rings (SSSR count). The van der Waals surface area contributed by atoms with Crippen molar-refractivity contribution < 1.29 is 4.74 Å². The summed E-state index contributed by atoms with van der Waals surface area (Å²) in [6.45, 7) is 5.43. The van der Waals surface area contributed by atoms with Crippen molar-refractivity contribution in [2.24, 2.45) is 11.8 Å². The van der Waals surface area contributed by atoms with Gasteiger partial charge < -0.3 is 4.74 Å². The molecule has 0 spiro atoms. The summed E-state index contributed by atoms with van der Waals surface area (Å²) < 4.78 is 6.11. The van der Waals surface area contributed by atoms with Gasteiger partial charge >= 0.3 is 0 Å². The third-order valence-electron chi connectivity index (χ3n) is 8.53. The van der Waals surface area contributed by atoms with Crippen molar-refractivity contribution in [3.05, 3.63) is 48.2 Å². The van der Waals surface area contributed by atoms with E-state index in [1.165, 1.54) is 127 Å². The molecule has 1 heterocycles. The van der Waals surface area contributed by atoms with Gasteiger partial charge in [-0.25, -0.2) is 0 Å². The van der Waals surface area contributed by atoms with Crippen LogP contribution in [0.1, 0.15) is 135 Å². The maximum absolute atomic E-state index is 6.11. The Hall–Kier alpha value is -1.83. The smallest absolute Gasteiger partial charge is 0.119 e. The van der Waals surface area contributed by atoms with Gasteiger partial charge in [-0.05, 0) is 73.4 Å². The van der Waals surface area contributed by atoms with E-state index >= 15 is 0 Å². The zero-order valence-electron chi connectivity index (χ0n) is 24.2. The van der Waals surface area contributed by atoms with Crippen molar-refractivity contribution >= 4 is 0 Å². The number of benzene rings is 1. The van der Waals surface area contributed by atoms with Gasteiger partial charge in [0, 0.05) is 11.8 Å². The van der Waals surface area contributed by atoms with E-state index in [-0.39, 0.29) is 0 Å². The summed E-state index contributed by atoms with van der Waals surface area (Å²) in [5.41, 5.74) is 3.58. The van der Waals surface area contributed by atoms with Crippen molar-refractivity contribution in [2.45, 2.75) is 136 Å². The van der Waals surface area contributed by atoms with Crippen LogP contribution in [-0.2, 0) is 6.42 Å². The van der Waals surface area contributed by atoms with E-state index in [4.69, 9.17) is 9.72 Å². The predicted octanol–water partition coefficient (Wildman–Crippen LogP) is 11.0. The van der Waals surface area contributed by atoms with Gasteiger partial charge in [-0.3, -0.25) is 4.98 Å². The quantitative estimate of drug-likeness (QED) is 0.177. The number of ether oxygens (including phenoxy) is 1. The standard InChI is InChI=1S/C35H55NO/c1-3-5-7-8-9-10-11-13-17-30-22-27-35(36-29-30)33-23-25-34(26-24-33)37-28-16-21-32-20-15-14-19-31(32)18-12-6-4-2/h22-27,29,31-32H,3-21,28H2,1-2H3. The van der Waals surface area contributed by atoms with Crippen LogP contribution in [0.15, 0.2) is 42.6 Å². The highest BCUT2D eigenvalue weighted by Crippen LogP contribution is 2.36. The van der Waals surface area contributed by atoms with E-state index in [1.54, 1.807) is 0 Å². The minimum absolute atomic E-state index is 0.837. The fraction of sp³-hybridized carbons (Fsp3) is 0.686. The molecule has 2 nitrogen and oxygen atoms in total. The molecule has 37 heavy (non-hydrogen) atoms. The third-order valence-corrected chi connectivity index (χ3v) is 8.53. The van der Waals surface area contributed by atoms with Gasteiger partial charge in [0.05, 0.1) is 12.3 Å². The first-order chi connectivity index (χ1) is 18.3. The molecule has 2 heteroatoms. The Bertz CT molecular complexity index is 812. The Morgan fingerprint density at radius 3 is 1.95 bits per heavy atom. The highest BCUT2D eigenvalue weighted by Gasteiger charge is 2.24. The van der Waals surface area contributed by atoms with Crippen molar-refractivity contribution in [1.82, 2.24) is 4.98 Å². The Morgan fingerprint density at radius 2 is 1.30 bits per heavy atom. The van der Waals surface area contributed by atoms with Gasteiger partial charge in [0.25, 0.3) is 0 Å². The molecule has 1 aliphatic rings. The van der Waals surface area contributed by atoms with E-state index < -0.39 is 0 Å². The highest BCUT2D eigenvalue weighted by atomic mass is 16.5. The zero-order chi connectivity index (χ0) is 26.0. The summed E-state index contributed by atoms with van der Waals surface area (Å²) in [6, 6.07) is 13.0. The molecule has 0 bridgehead atoms. The van der Waals surface area contributed by atoms with Crippen LogP contribution >= 0.6 is 0 Å². The monoisotopic (exact) mass is 505 g/mol. The number of hydrogen-bond acceptors (Lipinski definition) is 2. The summed E-state index contributed by atoms with van der Waals surface area (Å²) >= 11 is 0. The second kappa shape index (κ2) is 18.4. The number of aryl methyl sites for hydroxylation is 1. The van der Waals surface area contributed by atoms with E-state index in [9.17, 15) is 0 Å². The number of nitrogens with zero attached hydrogens (tertiary/aromatic N) is 1. The first-order valence-corrected chi connectivity index (χ1v) is 16.0. The third kappa shape index (κ3) is 11.6. The number of pyridine rings is 1. The van der Waals surface area contributed by atoms with E-state index in [2.05, 4.69) is 56.4 Å². The van der Waals surface area contributed by atoms with Gasteiger partial charge in [-0.15, -0.1) is 0 Å². The Kier molecular flexibility index (Phi) is 14.8. The number of unbranched alkanes of at least 4 members (excludes halogenated alkanes) is 9. The molecule has 1 aliphatic carbocycles. The van der Waals surface area contributed by atoms with Gasteiger partial charge in [-0.2, -0.15) is 0 Å². The Labute approximate surface area is 229 Å². The molecule has 1 aromatic heterocycles. The molecule has 0 radical (unpaired) electrons. The Balaban J connectivity index is 1.32. The average molecular weight is 506 g/mol. The molecule has 0 saturated heterocycles. The summed E-state index contributed by atoms with van der Waals surface area (Å²) in [5.74, 6) is 2.89. The first kappa shape index (κ1) is 29.7. The highest BCUT2D eigenvalue weighted by molar-refractivity contribution is 5.60. The molecule has 2 aromatic rings. The minimum Gasteiger partial charge on any atom is -0.494 e.